The molecule has 0 radical (unpaired) electrons. The third-order valence-corrected chi connectivity index (χ3v) is 4.45. The van der Waals surface area contributed by atoms with Crippen LogP contribution in [0, 0.1) is 11.8 Å². The number of hydrogen-bond donors (Lipinski definition) is 2. The van der Waals surface area contributed by atoms with Gasteiger partial charge in [0.2, 0.25) is 0 Å². The van der Waals surface area contributed by atoms with Crippen molar-refractivity contribution in [1.82, 2.24) is 9.97 Å². The molecule has 1 heterocycles. The molecule has 0 spiro atoms. The van der Waals surface area contributed by atoms with Crippen molar-refractivity contribution < 1.29 is 0 Å². The molecule has 1 aromatic heterocycles. The third kappa shape index (κ3) is 4.58. The predicted octanol–water partition coefficient (Wildman–Crippen LogP) is 4.27. The van der Waals surface area contributed by atoms with Gasteiger partial charge >= 0.3 is 0 Å². The van der Waals surface area contributed by atoms with E-state index in [0.29, 0.717) is 5.92 Å². The van der Waals surface area contributed by atoms with Gasteiger partial charge in [-0.2, -0.15) is 0 Å². The normalized spacial score (nSPS) is 22.3. The van der Waals surface area contributed by atoms with E-state index in [-0.39, 0.29) is 0 Å². The van der Waals surface area contributed by atoms with Gasteiger partial charge in [0.1, 0.15) is 17.5 Å². The number of hydrogen-bond acceptors (Lipinski definition) is 4. The number of aromatic nitrogens is 2. The fourth-order valence-corrected chi connectivity index (χ4v) is 3.02. The molecular weight excluding hydrogens is 260 g/mol. The lowest BCUT2D eigenvalue weighted by molar-refractivity contribution is 0.268. The molecular formula is C17H30N4. The van der Waals surface area contributed by atoms with Gasteiger partial charge in [0.05, 0.1) is 0 Å². The minimum Gasteiger partial charge on any atom is -0.370 e. The summed E-state index contributed by atoms with van der Waals surface area (Å²) in [6, 6.07) is 2.03. The van der Waals surface area contributed by atoms with E-state index in [2.05, 4.69) is 48.3 Å². The Kier molecular flexibility index (Phi) is 5.83. The Balaban J connectivity index is 2.04. The zero-order valence-electron chi connectivity index (χ0n) is 13.9. The Labute approximate surface area is 129 Å². The van der Waals surface area contributed by atoms with Gasteiger partial charge in [-0.1, -0.05) is 40.0 Å². The molecule has 118 valence electrons. The summed E-state index contributed by atoms with van der Waals surface area (Å²) in [5, 5.41) is 6.85. The molecule has 4 heteroatoms. The zero-order valence-corrected chi connectivity index (χ0v) is 13.9. The lowest BCUT2D eigenvalue weighted by Gasteiger charge is -2.29. The topological polar surface area (TPSA) is 49.8 Å². The van der Waals surface area contributed by atoms with Gasteiger partial charge in [-0.05, 0) is 25.2 Å². The van der Waals surface area contributed by atoms with Crippen LogP contribution in [0.2, 0.25) is 0 Å². The Morgan fingerprint density at radius 1 is 1.14 bits per heavy atom. The van der Waals surface area contributed by atoms with Crippen LogP contribution in [0.4, 0.5) is 11.6 Å². The fraction of sp³-hybridized carbons (Fsp3) is 0.765. The zero-order chi connectivity index (χ0) is 15.2. The minimum atomic E-state index is 0.345. The average molecular weight is 290 g/mol. The van der Waals surface area contributed by atoms with Crippen molar-refractivity contribution in [3.63, 3.8) is 0 Å². The molecule has 0 bridgehead atoms. The van der Waals surface area contributed by atoms with Crippen LogP contribution in [0.15, 0.2) is 6.07 Å². The number of nitrogens with zero attached hydrogens (tertiary/aromatic N) is 2. The summed E-state index contributed by atoms with van der Waals surface area (Å²) in [5.41, 5.74) is 0. The Morgan fingerprint density at radius 2 is 1.81 bits per heavy atom. The summed E-state index contributed by atoms with van der Waals surface area (Å²) >= 11 is 0. The molecule has 0 aliphatic heterocycles. The van der Waals surface area contributed by atoms with E-state index in [0.717, 1.165) is 42.4 Å². The first-order valence-electron chi connectivity index (χ1n) is 8.46. The maximum atomic E-state index is 4.66. The predicted molar refractivity (Wildman–Crippen MR) is 89.9 cm³/mol. The summed E-state index contributed by atoms with van der Waals surface area (Å²) < 4.78 is 0. The van der Waals surface area contributed by atoms with Crippen LogP contribution in [-0.2, 0) is 0 Å². The first kappa shape index (κ1) is 16.1. The highest BCUT2D eigenvalue weighted by atomic mass is 15.1. The van der Waals surface area contributed by atoms with Crippen molar-refractivity contribution in [2.75, 3.05) is 23.7 Å². The molecule has 1 aromatic rings. The van der Waals surface area contributed by atoms with Crippen LogP contribution in [-0.4, -0.2) is 23.1 Å². The maximum Gasteiger partial charge on any atom is 0.135 e. The van der Waals surface area contributed by atoms with E-state index >= 15 is 0 Å². The molecule has 2 unspecified atom stereocenters. The SMILES string of the molecule is CCNc1cc(NCC2CCCCC2C)nc(C(C)C)n1. The molecule has 0 amide bonds. The second-order valence-electron chi connectivity index (χ2n) is 6.58. The van der Waals surface area contributed by atoms with Crippen molar-refractivity contribution in [1.29, 1.82) is 0 Å². The first-order valence-corrected chi connectivity index (χ1v) is 8.46. The monoisotopic (exact) mass is 290 g/mol. The number of nitrogens with one attached hydrogen (secondary N) is 2. The van der Waals surface area contributed by atoms with Gasteiger partial charge in [0.15, 0.2) is 0 Å². The van der Waals surface area contributed by atoms with E-state index in [4.69, 9.17) is 0 Å². The summed E-state index contributed by atoms with van der Waals surface area (Å²) in [5.74, 6) is 4.74. The standard InChI is InChI=1S/C17H30N4/c1-5-18-15-10-16(21-17(20-15)12(2)3)19-11-14-9-7-6-8-13(14)4/h10,12-14H,5-9,11H2,1-4H3,(H2,18,19,20,21). The van der Waals surface area contributed by atoms with E-state index < -0.39 is 0 Å². The molecule has 0 saturated heterocycles. The molecule has 1 aliphatic rings. The van der Waals surface area contributed by atoms with E-state index in [1.807, 2.05) is 6.07 Å². The average Bonchev–Trinajstić information content (AvgIpc) is 2.46. The van der Waals surface area contributed by atoms with Gasteiger partial charge < -0.3 is 10.6 Å². The van der Waals surface area contributed by atoms with Gasteiger partial charge in [0, 0.05) is 25.1 Å². The molecule has 1 fully saturated rings. The van der Waals surface area contributed by atoms with E-state index in [1.165, 1.54) is 25.7 Å². The van der Waals surface area contributed by atoms with Crippen LogP contribution in [0.3, 0.4) is 0 Å². The molecule has 2 N–H and O–H groups in total. The van der Waals surface area contributed by atoms with Crippen molar-refractivity contribution in [2.24, 2.45) is 11.8 Å². The smallest absolute Gasteiger partial charge is 0.135 e. The first-order chi connectivity index (χ1) is 10.1. The molecule has 4 nitrogen and oxygen atoms in total. The maximum absolute atomic E-state index is 4.66. The van der Waals surface area contributed by atoms with Crippen molar-refractivity contribution in [3.05, 3.63) is 11.9 Å². The Morgan fingerprint density at radius 3 is 2.43 bits per heavy atom. The van der Waals surface area contributed by atoms with E-state index in [1.54, 1.807) is 0 Å². The fourth-order valence-electron chi connectivity index (χ4n) is 3.02. The van der Waals surface area contributed by atoms with Gasteiger partial charge in [-0.15, -0.1) is 0 Å². The van der Waals surface area contributed by atoms with Crippen molar-refractivity contribution >= 4 is 11.6 Å². The van der Waals surface area contributed by atoms with Crippen LogP contribution in [0.25, 0.3) is 0 Å². The van der Waals surface area contributed by atoms with Crippen molar-refractivity contribution in [3.8, 4) is 0 Å². The van der Waals surface area contributed by atoms with Crippen molar-refractivity contribution in [2.45, 2.75) is 59.3 Å². The van der Waals surface area contributed by atoms with Gasteiger partial charge in [-0.3, -0.25) is 0 Å². The lowest BCUT2D eigenvalue weighted by Crippen LogP contribution is -2.25. The molecule has 21 heavy (non-hydrogen) atoms. The van der Waals surface area contributed by atoms with E-state index in [9.17, 15) is 0 Å². The summed E-state index contributed by atoms with van der Waals surface area (Å²) in [7, 11) is 0. The largest absolute Gasteiger partial charge is 0.370 e. The highest BCUT2D eigenvalue weighted by molar-refractivity contribution is 5.47. The summed E-state index contributed by atoms with van der Waals surface area (Å²) in [6.07, 6.45) is 5.49. The van der Waals surface area contributed by atoms with Gasteiger partial charge in [-0.25, -0.2) is 9.97 Å². The highest BCUT2D eigenvalue weighted by Crippen LogP contribution is 2.29. The molecule has 0 aromatic carbocycles. The quantitative estimate of drug-likeness (QED) is 0.821. The molecule has 1 saturated carbocycles. The van der Waals surface area contributed by atoms with Crippen LogP contribution in [0.5, 0.6) is 0 Å². The number of anilines is 2. The lowest BCUT2D eigenvalue weighted by atomic mass is 9.80. The van der Waals surface area contributed by atoms with Crippen LogP contribution < -0.4 is 10.6 Å². The second-order valence-corrected chi connectivity index (χ2v) is 6.58. The van der Waals surface area contributed by atoms with Crippen LogP contribution in [0.1, 0.15) is 65.1 Å². The minimum absolute atomic E-state index is 0.345. The third-order valence-electron chi connectivity index (χ3n) is 4.45. The Hall–Kier alpha value is -1.32. The second kappa shape index (κ2) is 7.62. The van der Waals surface area contributed by atoms with Crippen LogP contribution >= 0.6 is 0 Å². The molecule has 1 aliphatic carbocycles. The molecule has 2 atom stereocenters. The Bertz CT molecular complexity index is 444. The summed E-state index contributed by atoms with van der Waals surface area (Å²) in [4.78, 5) is 9.23. The van der Waals surface area contributed by atoms with Gasteiger partial charge in [0.25, 0.3) is 0 Å². The number of rotatable bonds is 6. The molecule has 2 rings (SSSR count). The highest BCUT2D eigenvalue weighted by Gasteiger charge is 2.21. The summed E-state index contributed by atoms with van der Waals surface area (Å²) in [6.45, 7) is 10.7.